The molecule has 1 amide bonds. The molecule has 0 N–H and O–H groups in total. The molecular weight excluding hydrogens is 349 g/mol. The molecular formula is C14H15Cl2NO2S2. The first-order valence-electron chi connectivity index (χ1n) is 6.60. The molecule has 0 aliphatic carbocycles. The van der Waals surface area contributed by atoms with Crippen LogP contribution in [-0.2, 0) is 11.2 Å². The number of benzene rings is 1. The van der Waals surface area contributed by atoms with Crippen LogP contribution in [0.2, 0.25) is 10.0 Å². The molecule has 0 radical (unpaired) electrons. The van der Waals surface area contributed by atoms with Crippen LogP contribution in [0.4, 0.5) is 0 Å². The van der Waals surface area contributed by atoms with E-state index < -0.39 is 0 Å². The number of thioether (sulfide) groups is 1. The van der Waals surface area contributed by atoms with Gasteiger partial charge in [0.15, 0.2) is 5.75 Å². The van der Waals surface area contributed by atoms with Crippen LogP contribution in [0.25, 0.3) is 0 Å². The van der Waals surface area contributed by atoms with E-state index in [9.17, 15) is 4.79 Å². The highest BCUT2D eigenvalue weighted by molar-refractivity contribution is 8.24. The first-order valence-corrected chi connectivity index (χ1v) is 8.65. The first kappa shape index (κ1) is 16.9. The van der Waals surface area contributed by atoms with Gasteiger partial charge in [0.2, 0.25) is 5.91 Å². The maximum absolute atomic E-state index is 12.2. The third kappa shape index (κ3) is 3.65. The molecule has 1 heterocycles. The molecule has 1 fully saturated rings. The van der Waals surface area contributed by atoms with Crippen molar-refractivity contribution in [1.29, 1.82) is 0 Å². The van der Waals surface area contributed by atoms with E-state index in [1.54, 1.807) is 17.0 Å². The maximum Gasteiger partial charge on any atom is 0.241 e. The van der Waals surface area contributed by atoms with E-state index in [4.69, 9.17) is 40.2 Å². The summed E-state index contributed by atoms with van der Waals surface area (Å²) in [5.74, 6) is 0.536. The Balaban J connectivity index is 2.18. The summed E-state index contributed by atoms with van der Waals surface area (Å²) in [6.07, 6.45) is 0.548. The van der Waals surface area contributed by atoms with E-state index in [1.807, 2.05) is 13.8 Å². The summed E-state index contributed by atoms with van der Waals surface area (Å²) < 4.78 is 6.03. The molecule has 1 aromatic rings. The third-order valence-corrected chi connectivity index (χ3v) is 5.23. The highest BCUT2D eigenvalue weighted by Gasteiger charge is 2.35. The van der Waals surface area contributed by atoms with Crippen molar-refractivity contribution in [2.45, 2.75) is 25.5 Å². The quantitative estimate of drug-likeness (QED) is 0.733. The second-order valence-electron chi connectivity index (χ2n) is 4.48. The summed E-state index contributed by atoms with van der Waals surface area (Å²) in [6.45, 7) is 4.88. The van der Waals surface area contributed by atoms with Gasteiger partial charge < -0.3 is 4.74 Å². The lowest BCUT2D eigenvalue weighted by atomic mass is 10.1. The number of ether oxygens (including phenoxy) is 1. The highest BCUT2D eigenvalue weighted by Crippen LogP contribution is 2.36. The van der Waals surface area contributed by atoms with Crippen LogP contribution in [0.3, 0.4) is 0 Å². The SMILES string of the molecule is CCOc1c(Cl)cc(C[C@H]2SC(=S)N(CC)C2=O)cc1Cl. The smallest absolute Gasteiger partial charge is 0.241 e. The van der Waals surface area contributed by atoms with Crippen LogP contribution in [0.1, 0.15) is 19.4 Å². The minimum absolute atomic E-state index is 0.0497. The van der Waals surface area contributed by atoms with Crippen molar-refractivity contribution in [3.63, 3.8) is 0 Å². The van der Waals surface area contributed by atoms with Crippen molar-refractivity contribution >= 4 is 57.4 Å². The van der Waals surface area contributed by atoms with E-state index in [1.165, 1.54) is 11.8 Å². The van der Waals surface area contributed by atoms with E-state index in [0.717, 1.165) is 5.56 Å². The number of carbonyl (C=O) groups excluding carboxylic acids is 1. The Kier molecular flexibility index (Phi) is 5.77. The van der Waals surface area contributed by atoms with Gasteiger partial charge in [-0.15, -0.1) is 0 Å². The number of thiocarbonyl (C=S) groups is 1. The van der Waals surface area contributed by atoms with E-state index in [2.05, 4.69) is 0 Å². The molecule has 2 rings (SSSR count). The molecule has 0 unspecified atom stereocenters. The maximum atomic E-state index is 12.2. The molecule has 0 aromatic heterocycles. The van der Waals surface area contributed by atoms with Gasteiger partial charge >= 0.3 is 0 Å². The molecule has 1 atom stereocenters. The Labute approximate surface area is 143 Å². The molecule has 1 saturated heterocycles. The Bertz CT molecular complexity index is 557. The van der Waals surface area contributed by atoms with Gasteiger partial charge in [0, 0.05) is 6.54 Å². The molecule has 1 aliphatic rings. The number of nitrogens with zero attached hydrogens (tertiary/aromatic N) is 1. The number of amides is 1. The predicted octanol–water partition coefficient (Wildman–Crippen LogP) is 4.18. The summed E-state index contributed by atoms with van der Waals surface area (Å²) in [5, 5.41) is 0.719. The van der Waals surface area contributed by atoms with Crippen molar-refractivity contribution in [3.05, 3.63) is 27.7 Å². The second-order valence-corrected chi connectivity index (χ2v) is 7.13. The summed E-state index contributed by atoms with van der Waals surface area (Å²) in [4.78, 5) is 13.8. The first-order chi connectivity index (χ1) is 9.97. The van der Waals surface area contributed by atoms with Gasteiger partial charge in [-0.2, -0.15) is 0 Å². The van der Waals surface area contributed by atoms with Crippen molar-refractivity contribution < 1.29 is 9.53 Å². The van der Waals surface area contributed by atoms with Crippen LogP contribution in [0.15, 0.2) is 12.1 Å². The molecule has 0 spiro atoms. The predicted molar refractivity (Wildman–Crippen MR) is 92.7 cm³/mol. The largest absolute Gasteiger partial charge is 0.491 e. The minimum Gasteiger partial charge on any atom is -0.491 e. The van der Waals surface area contributed by atoms with Gasteiger partial charge in [-0.1, -0.05) is 47.2 Å². The molecule has 1 aromatic carbocycles. The lowest BCUT2D eigenvalue weighted by Gasteiger charge is -2.13. The van der Waals surface area contributed by atoms with Crippen LogP contribution in [0.5, 0.6) is 5.75 Å². The summed E-state index contributed by atoms with van der Waals surface area (Å²) in [7, 11) is 0. The van der Waals surface area contributed by atoms with Crippen LogP contribution < -0.4 is 4.74 Å². The summed E-state index contributed by atoms with van der Waals surface area (Å²) in [5.41, 5.74) is 0.903. The second kappa shape index (κ2) is 7.18. The molecule has 7 heteroatoms. The van der Waals surface area contributed by atoms with Crippen molar-refractivity contribution in [2.75, 3.05) is 13.2 Å². The number of halogens is 2. The average molecular weight is 364 g/mol. The Hall–Kier alpha value is -0.490. The van der Waals surface area contributed by atoms with Gasteiger partial charge in [-0.25, -0.2) is 0 Å². The molecule has 0 bridgehead atoms. The zero-order valence-electron chi connectivity index (χ0n) is 11.7. The zero-order chi connectivity index (χ0) is 15.6. The molecule has 1 aliphatic heterocycles. The number of rotatable bonds is 5. The van der Waals surface area contributed by atoms with Gasteiger partial charge in [-0.3, -0.25) is 9.69 Å². The van der Waals surface area contributed by atoms with E-state index in [0.29, 0.717) is 39.7 Å². The molecule has 114 valence electrons. The number of hydrogen-bond donors (Lipinski definition) is 0. The molecule has 21 heavy (non-hydrogen) atoms. The van der Waals surface area contributed by atoms with Gasteiger partial charge in [0.1, 0.15) is 4.32 Å². The number of carbonyl (C=O) groups is 1. The fourth-order valence-corrected chi connectivity index (χ4v) is 4.44. The fraction of sp³-hybridized carbons (Fsp3) is 0.429. The minimum atomic E-state index is -0.206. The zero-order valence-corrected chi connectivity index (χ0v) is 14.8. The van der Waals surface area contributed by atoms with Crippen molar-refractivity contribution in [3.8, 4) is 5.75 Å². The average Bonchev–Trinajstić information content (AvgIpc) is 2.68. The number of hydrogen-bond acceptors (Lipinski definition) is 4. The Morgan fingerprint density at radius 2 is 1.95 bits per heavy atom. The topological polar surface area (TPSA) is 29.5 Å². The normalized spacial score (nSPS) is 18.5. The Morgan fingerprint density at radius 1 is 1.33 bits per heavy atom. The lowest BCUT2D eigenvalue weighted by molar-refractivity contribution is -0.125. The summed E-state index contributed by atoms with van der Waals surface area (Å²) in [6, 6.07) is 3.59. The van der Waals surface area contributed by atoms with Crippen molar-refractivity contribution in [1.82, 2.24) is 4.90 Å². The molecule has 0 saturated carbocycles. The fourth-order valence-electron chi connectivity index (χ4n) is 2.14. The van der Waals surface area contributed by atoms with E-state index >= 15 is 0 Å². The monoisotopic (exact) mass is 363 g/mol. The lowest BCUT2D eigenvalue weighted by Crippen LogP contribution is -2.31. The van der Waals surface area contributed by atoms with Crippen LogP contribution in [-0.4, -0.2) is 33.5 Å². The summed E-state index contributed by atoms with van der Waals surface area (Å²) >= 11 is 19.0. The van der Waals surface area contributed by atoms with Crippen molar-refractivity contribution in [2.24, 2.45) is 0 Å². The Morgan fingerprint density at radius 3 is 2.43 bits per heavy atom. The van der Waals surface area contributed by atoms with Crippen LogP contribution in [0, 0.1) is 0 Å². The van der Waals surface area contributed by atoms with Gasteiger partial charge in [0.25, 0.3) is 0 Å². The van der Waals surface area contributed by atoms with Gasteiger partial charge in [0.05, 0.1) is 21.9 Å². The highest BCUT2D eigenvalue weighted by atomic mass is 35.5. The van der Waals surface area contributed by atoms with Gasteiger partial charge in [-0.05, 0) is 38.0 Å². The molecule has 3 nitrogen and oxygen atoms in total. The van der Waals surface area contributed by atoms with E-state index in [-0.39, 0.29) is 11.2 Å². The van der Waals surface area contributed by atoms with Crippen LogP contribution >= 0.6 is 47.2 Å². The standard InChI is InChI=1S/C14H15Cl2NO2S2/c1-3-17-13(18)11(21-14(17)20)7-8-5-9(15)12(19-4-2)10(16)6-8/h5-6,11H,3-4,7H2,1-2H3/t11-/m1/s1. The third-order valence-electron chi connectivity index (χ3n) is 3.09.